The molecule has 0 bridgehead atoms. The van der Waals surface area contributed by atoms with Crippen LogP contribution in [0.3, 0.4) is 0 Å². The minimum atomic E-state index is -3.77. The molecule has 1 N–H and O–H groups in total. The fourth-order valence-corrected chi connectivity index (χ4v) is 5.92. The molecule has 1 aromatic rings. The van der Waals surface area contributed by atoms with Crippen molar-refractivity contribution in [2.45, 2.75) is 35.2 Å². The van der Waals surface area contributed by atoms with Gasteiger partial charge in [0.2, 0.25) is 11.6 Å². The van der Waals surface area contributed by atoms with Crippen molar-refractivity contribution in [3.8, 4) is 0 Å². The second kappa shape index (κ2) is 6.08. The van der Waals surface area contributed by atoms with Gasteiger partial charge in [0.25, 0.3) is 10.0 Å². The van der Waals surface area contributed by atoms with E-state index in [4.69, 9.17) is 5.11 Å². The number of hydrogen-bond donors (Lipinski definition) is 1. The number of nitrogens with zero attached hydrogens (tertiary/aromatic N) is 2. The quantitative estimate of drug-likeness (QED) is 0.843. The highest BCUT2D eigenvalue weighted by Gasteiger charge is 2.50. The molecule has 3 rings (SSSR count). The second-order valence-electron chi connectivity index (χ2n) is 5.99. The fourth-order valence-electron chi connectivity index (χ4n) is 3.15. The van der Waals surface area contributed by atoms with E-state index >= 15 is 0 Å². The van der Waals surface area contributed by atoms with E-state index < -0.39 is 40.2 Å². The van der Waals surface area contributed by atoms with Gasteiger partial charge in [0.05, 0.1) is 6.54 Å². The number of sulfonamides is 1. The number of carboxylic acid groups (broad SMARTS) is 1. The lowest BCUT2D eigenvalue weighted by atomic mass is 10.1. The summed E-state index contributed by atoms with van der Waals surface area (Å²) in [6.45, 7) is -0.334. The molecule has 10 heteroatoms. The third-order valence-electron chi connectivity index (χ3n) is 4.46. The summed E-state index contributed by atoms with van der Waals surface area (Å²) in [5, 5.41) is 10.6. The molecule has 0 aromatic carbocycles. The third kappa shape index (κ3) is 2.82. The van der Waals surface area contributed by atoms with Gasteiger partial charge in [-0.1, -0.05) is 6.07 Å². The van der Waals surface area contributed by atoms with E-state index in [1.165, 1.54) is 6.07 Å². The van der Waals surface area contributed by atoms with Gasteiger partial charge in [-0.2, -0.15) is 4.31 Å². The zero-order valence-corrected chi connectivity index (χ0v) is 14.4. The Morgan fingerprint density at radius 1 is 1.38 bits per heavy atom. The van der Waals surface area contributed by atoms with Gasteiger partial charge in [-0.15, -0.1) is 11.3 Å². The van der Waals surface area contributed by atoms with Crippen LogP contribution in [0.4, 0.5) is 4.39 Å². The molecule has 2 aliphatic rings. The van der Waals surface area contributed by atoms with Crippen molar-refractivity contribution in [2.75, 3.05) is 19.6 Å². The summed E-state index contributed by atoms with van der Waals surface area (Å²) >= 11 is 1.07. The van der Waals surface area contributed by atoms with E-state index in [0.29, 0.717) is 12.8 Å². The van der Waals surface area contributed by atoms with Gasteiger partial charge >= 0.3 is 5.97 Å². The van der Waals surface area contributed by atoms with E-state index in [1.54, 1.807) is 11.4 Å². The van der Waals surface area contributed by atoms with Gasteiger partial charge in [-0.05, 0) is 24.3 Å². The molecule has 0 radical (unpaired) electrons. The molecule has 24 heavy (non-hydrogen) atoms. The molecule has 3 heterocycles. The van der Waals surface area contributed by atoms with Crippen molar-refractivity contribution in [1.29, 1.82) is 0 Å². The number of rotatable bonds is 4. The van der Waals surface area contributed by atoms with Gasteiger partial charge in [0, 0.05) is 19.5 Å². The van der Waals surface area contributed by atoms with E-state index in [-0.39, 0.29) is 23.7 Å². The Morgan fingerprint density at radius 3 is 2.71 bits per heavy atom. The summed E-state index contributed by atoms with van der Waals surface area (Å²) in [5.74, 6) is -2.11. The summed E-state index contributed by atoms with van der Waals surface area (Å²) in [7, 11) is -3.77. The summed E-state index contributed by atoms with van der Waals surface area (Å²) in [6.07, 6.45) is 0.610. The number of carbonyl (C=O) groups excluding carboxylic acids is 1. The molecule has 2 saturated heterocycles. The van der Waals surface area contributed by atoms with Crippen LogP contribution in [0.25, 0.3) is 0 Å². The fraction of sp³-hybridized carbons (Fsp3) is 0.571. The molecule has 2 atom stereocenters. The lowest BCUT2D eigenvalue weighted by Crippen LogP contribution is -2.48. The molecule has 7 nitrogen and oxygen atoms in total. The number of likely N-dealkylation sites (tertiary alicyclic amines) is 1. The topological polar surface area (TPSA) is 95.0 Å². The third-order valence-corrected chi connectivity index (χ3v) is 7.74. The highest BCUT2D eigenvalue weighted by Crippen LogP contribution is 2.32. The van der Waals surface area contributed by atoms with Crippen molar-refractivity contribution in [3.63, 3.8) is 0 Å². The Balaban J connectivity index is 1.79. The van der Waals surface area contributed by atoms with E-state index in [9.17, 15) is 22.4 Å². The molecule has 2 unspecified atom stereocenters. The Bertz CT molecular complexity index is 751. The Labute approximate surface area is 142 Å². The van der Waals surface area contributed by atoms with Crippen molar-refractivity contribution in [2.24, 2.45) is 0 Å². The lowest BCUT2D eigenvalue weighted by Gasteiger charge is -2.27. The minimum Gasteiger partial charge on any atom is -0.479 e. The van der Waals surface area contributed by atoms with E-state index in [1.807, 2.05) is 0 Å². The van der Waals surface area contributed by atoms with Crippen LogP contribution in [0.15, 0.2) is 21.7 Å². The van der Waals surface area contributed by atoms with E-state index in [0.717, 1.165) is 20.5 Å². The van der Waals surface area contributed by atoms with Crippen LogP contribution in [0.5, 0.6) is 0 Å². The number of hydrogen-bond acceptors (Lipinski definition) is 5. The highest BCUT2D eigenvalue weighted by atomic mass is 32.2. The molecule has 0 aliphatic carbocycles. The van der Waals surface area contributed by atoms with Crippen LogP contribution in [-0.4, -0.2) is 66.0 Å². The zero-order chi connectivity index (χ0) is 17.5. The summed E-state index contributed by atoms with van der Waals surface area (Å²) in [5.41, 5.74) is -2.45. The first-order chi connectivity index (χ1) is 11.3. The van der Waals surface area contributed by atoms with Crippen molar-refractivity contribution in [3.05, 3.63) is 17.5 Å². The van der Waals surface area contributed by atoms with Crippen LogP contribution < -0.4 is 0 Å². The zero-order valence-electron chi connectivity index (χ0n) is 12.7. The maximum Gasteiger partial charge on any atom is 0.343 e. The Hall–Kier alpha value is -1.52. The van der Waals surface area contributed by atoms with Crippen LogP contribution in [0.2, 0.25) is 0 Å². The van der Waals surface area contributed by atoms with Gasteiger partial charge in [-0.3, -0.25) is 4.79 Å². The molecule has 1 amide bonds. The van der Waals surface area contributed by atoms with Crippen molar-refractivity contribution < 1.29 is 27.5 Å². The smallest absolute Gasteiger partial charge is 0.343 e. The largest absolute Gasteiger partial charge is 0.479 e. The average molecular weight is 376 g/mol. The number of halogens is 1. The van der Waals surface area contributed by atoms with Crippen molar-refractivity contribution in [1.82, 2.24) is 9.21 Å². The van der Waals surface area contributed by atoms with Crippen LogP contribution >= 0.6 is 11.3 Å². The summed E-state index contributed by atoms with van der Waals surface area (Å²) < 4.78 is 40.8. The number of alkyl halides is 1. The predicted molar refractivity (Wildman–Crippen MR) is 83.9 cm³/mol. The monoisotopic (exact) mass is 376 g/mol. The van der Waals surface area contributed by atoms with Gasteiger partial charge in [-0.25, -0.2) is 17.6 Å². The highest BCUT2D eigenvalue weighted by molar-refractivity contribution is 7.91. The van der Waals surface area contributed by atoms with Gasteiger partial charge < -0.3 is 10.0 Å². The molecule has 1 aromatic heterocycles. The molecule has 0 spiro atoms. The normalized spacial score (nSPS) is 28.4. The molecule has 2 aliphatic heterocycles. The molecular weight excluding hydrogens is 359 g/mol. The maximum atomic E-state index is 14.2. The maximum absolute atomic E-state index is 14.2. The Kier molecular flexibility index (Phi) is 4.39. The molecule has 0 saturated carbocycles. The average Bonchev–Trinajstić information content (AvgIpc) is 3.27. The molecule has 2 fully saturated rings. The minimum absolute atomic E-state index is 0.0228. The first kappa shape index (κ1) is 17.3. The van der Waals surface area contributed by atoms with Gasteiger partial charge in [0.1, 0.15) is 10.3 Å². The first-order valence-electron chi connectivity index (χ1n) is 7.52. The SMILES string of the molecule is O=C(C1CCCN1S(=O)(=O)c1cccs1)N1CCC(F)(C(=O)O)C1. The number of carbonyl (C=O) groups is 2. The summed E-state index contributed by atoms with van der Waals surface area (Å²) in [6, 6.07) is 2.20. The number of thiophene rings is 1. The Morgan fingerprint density at radius 2 is 2.12 bits per heavy atom. The van der Waals surface area contributed by atoms with Crippen LogP contribution in [0.1, 0.15) is 19.3 Å². The van der Waals surface area contributed by atoms with Crippen LogP contribution in [0, 0.1) is 0 Å². The predicted octanol–water partition coefficient (Wildman–Crippen LogP) is 0.926. The standard InChI is InChI=1S/C14H17FN2O5S2/c15-14(13(19)20)5-7-16(9-14)12(18)10-3-1-6-17(10)24(21,22)11-4-2-8-23-11/h2,4,8,10H,1,3,5-7,9H2,(H,19,20). The number of carboxylic acids is 1. The number of amides is 1. The second-order valence-corrected chi connectivity index (χ2v) is 9.05. The summed E-state index contributed by atoms with van der Waals surface area (Å²) in [4.78, 5) is 24.7. The first-order valence-corrected chi connectivity index (χ1v) is 9.84. The van der Waals surface area contributed by atoms with Crippen LogP contribution in [-0.2, 0) is 19.6 Å². The molecule has 132 valence electrons. The van der Waals surface area contributed by atoms with E-state index in [2.05, 4.69) is 0 Å². The van der Waals surface area contributed by atoms with Crippen molar-refractivity contribution >= 4 is 33.2 Å². The lowest BCUT2D eigenvalue weighted by molar-refractivity contribution is -0.150. The molecular formula is C14H17FN2O5S2. The number of aliphatic carboxylic acids is 1. The van der Waals surface area contributed by atoms with Gasteiger partial charge in [0.15, 0.2) is 0 Å².